The first-order valence-electron chi connectivity index (χ1n) is 47.0. The zero-order valence-corrected chi connectivity index (χ0v) is 81.0. The molecule has 34 heteroatoms. The van der Waals surface area contributed by atoms with Crippen molar-refractivity contribution in [2.24, 2.45) is 0 Å². The number of imidazole rings is 1. The number of pyridine rings is 3. The summed E-state index contributed by atoms with van der Waals surface area (Å²) in [5.41, 5.74) is 10.2. The number of carbonyl (C=O) groups is 6. The van der Waals surface area contributed by atoms with Crippen LogP contribution in [0.25, 0.3) is 83.7 Å². The SMILES string of the molecule is Cc1ccc(NC(=O)c2cc(-c3cccc4c3C3(CCC3)C(=O)N4c3ncccn3)ccc2C(F)(F)F)cc1.Cc1ccc(NC(=O)c2cc(-c3cccc4c3oc(=O)n4-c3cccnc3)ccc2C)cc1.Cc1ccc(NC(=O)c2cc(-c3ccnc4c3C(C)(C)C(=O)N4c3ncccn3)ccc2C(F)(F)F)cc1F.Cc1ccc2nc(-c3cc(-c4cccc5c4C(C)(C)C(=O)N5c4cccnc4)ccc3C(F)(F)F)[nH]c2c1. The Kier molecular flexibility index (Phi) is 26.1. The molecule has 11 aromatic carbocycles. The van der Waals surface area contributed by atoms with Gasteiger partial charge in [0.15, 0.2) is 5.58 Å². The maximum Gasteiger partial charge on any atom is 0.424 e. The van der Waals surface area contributed by atoms with Gasteiger partial charge in [0.05, 0.1) is 95.8 Å². The number of rotatable bonds is 15. The minimum Gasteiger partial charge on any atom is -0.407 e. The van der Waals surface area contributed by atoms with Gasteiger partial charge in [0.2, 0.25) is 29.6 Å². The summed E-state index contributed by atoms with van der Waals surface area (Å²) in [5.74, 6) is -3.13. The Hall–Kier alpha value is -18.1. The lowest BCUT2D eigenvalue weighted by molar-refractivity contribution is -0.138. The molecule has 6 amide bonds. The van der Waals surface area contributed by atoms with Crippen molar-refractivity contribution in [1.29, 1.82) is 0 Å². The van der Waals surface area contributed by atoms with Crippen LogP contribution in [0, 0.1) is 40.4 Å². The minimum absolute atomic E-state index is 0.0108. The number of H-pyrrole nitrogens is 1. The van der Waals surface area contributed by atoms with E-state index in [0.29, 0.717) is 108 Å². The molecule has 24 nitrogen and oxygen atoms in total. The van der Waals surface area contributed by atoms with Gasteiger partial charge in [-0.1, -0.05) is 121 Å². The van der Waals surface area contributed by atoms with Gasteiger partial charge in [0, 0.05) is 82.7 Å². The Morgan fingerprint density at radius 1 is 0.396 bits per heavy atom. The van der Waals surface area contributed by atoms with Crippen molar-refractivity contribution >= 4 is 109 Å². The molecule has 149 heavy (non-hydrogen) atoms. The monoisotopic (exact) mass is 2010 g/mol. The Balaban J connectivity index is 0.000000125. The third-order valence-electron chi connectivity index (χ3n) is 26.8. The number of para-hydroxylation sites is 1. The normalized spacial score (nSPS) is 14.1. The highest BCUT2D eigenvalue weighted by atomic mass is 19.4. The summed E-state index contributed by atoms with van der Waals surface area (Å²) in [6.07, 6.45) is 1.94. The standard InChI is InChI=1S/C30H23F3N4O2.C30H23F3N4O.C28H21F4N5O2.C27H21N3O3/c1-18-7-10-20(11-8-18)36-26(38)22-17-19(9-12-23(22)30(31,32)33)21-5-2-6-24-25(21)29(13-3-14-29)27(39)37(24)28-34-15-4-16-35-28;1-17-9-12-23-24(14-17)36-27(35-23)21-15-18(10-11-22(21)30(31,32)33)20-7-4-8-25-26(20)29(2,3)28(38)37(25)19-6-5-13-34-16-19;1-15-5-7-17(14-21(15)29)36-24(38)19-13-16(6-8-20(19)28(30,31)32)18-9-12-33-23-22(18)27(2,3)25(39)37(23)26-34-10-4-11-35-26;1-17-8-12-20(13-9-17)29-26(31)23-15-19(11-10-18(23)2)22-6-3-7-24-25(22)33-27(32)30(24)21-5-4-14-28-16-21/h2,4-12,15-17H,3,13-14H2,1H3,(H,36,38);4-16H,1-3H3,(H,35,36);4-14H,1-3H3,(H,36,38);3-16H,1-2H3,(H,29,31). The van der Waals surface area contributed by atoms with Crippen molar-refractivity contribution in [2.75, 3.05) is 30.7 Å². The van der Waals surface area contributed by atoms with Gasteiger partial charge in [-0.15, -0.1) is 0 Å². The molecule has 0 unspecified atom stereocenters. The van der Waals surface area contributed by atoms with Crippen molar-refractivity contribution in [1.82, 2.24) is 49.4 Å². The number of hydrogen-bond acceptors (Lipinski definition) is 16. The maximum absolute atomic E-state index is 14.1. The molecule has 22 rings (SSSR count). The van der Waals surface area contributed by atoms with E-state index >= 15 is 0 Å². The summed E-state index contributed by atoms with van der Waals surface area (Å²) in [4.78, 5) is 134. The number of halogens is 10. The van der Waals surface area contributed by atoms with E-state index in [1.165, 1.54) is 82.3 Å². The number of aryl methyl sites for hydroxylation is 5. The van der Waals surface area contributed by atoms with Gasteiger partial charge in [0.1, 0.15) is 17.5 Å². The van der Waals surface area contributed by atoms with Crippen molar-refractivity contribution < 1.29 is 77.1 Å². The number of hydrogen-bond donors (Lipinski definition) is 4. The number of aromatic nitrogens is 10. The molecule has 3 aliphatic heterocycles. The predicted octanol–water partition coefficient (Wildman–Crippen LogP) is 26.1. The minimum atomic E-state index is -4.83. The van der Waals surface area contributed by atoms with E-state index in [0.717, 1.165) is 86.9 Å². The molecule has 18 aromatic rings. The van der Waals surface area contributed by atoms with E-state index in [-0.39, 0.29) is 64.0 Å². The number of nitrogens with one attached hydrogen (secondary N) is 4. The van der Waals surface area contributed by atoms with Gasteiger partial charge in [-0.25, -0.2) is 53.5 Å². The Labute approximate surface area is 844 Å². The lowest BCUT2D eigenvalue weighted by atomic mass is 9.63. The molecular weight excluding hydrogens is 1920 g/mol. The molecule has 7 aromatic heterocycles. The van der Waals surface area contributed by atoms with E-state index in [9.17, 15) is 77.5 Å². The first kappa shape index (κ1) is 99.6. The van der Waals surface area contributed by atoms with Gasteiger partial charge in [-0.05, 0) is 294 Å². The molecule has 1 saturated carbocycles. The van der Waals surface area contributed by atoms with Gasteiger partial charge < -0.3 is 25.4 Å². The summed E-state index contributed by atoms with van der Waals surface area (Å²) in [6, 6.07) is 68.6. The maximum atomic E-state index is 14.1. The van der Waals surface area contributed by atoms with Gasteiger partial charge >= 0.3 is 24.3 Å². The zero-order valence-electron chi connectivity index (χ0n) is 81.0. The second-order valence-corrected chi connectivity index (χ2v) is 37.4. The third-order valence-corrected chi connectivity index (χ3v) is 26.8. The average molecular weight is 2010 g/mol. The Morgan fingerprint density at radius 3 is 1.42 bits per heavy atom. The molecular formula is C115H88F10N16O8. The van der Waals surface area contributed by atoms with Crippen LogP contribution < -0.4 is 36.4 Å². The Bertz CT molecular complexity index is 8430. The fourth-order valence-electron chi connectivity index (χ4n) is 19.2. The number of oxazole rings is 1. The van der Waals surface area contributed by atoms with E-state index in [4.69, 9.17) is 4.42 Å². The van der Waals surface area contributed by atoms with E-state index in [1.807, 2.05) is 139 Å². The number of amides is 6. The van der Waals surface area contributed by atoms with E-state index in [2.05, 4.69) is 60.8 Å². The van der Waals surface area contributed by atoms with Crippen LogP contribution in [0.2, 0.25) is 0 Å². The number of anilines is 9. The molecule has 10 heterocycles. The number of fused-ring (bicyclic) bond motifs is 6. The summed E-state index contributed by atoms with van der Waals surface area (Å²) in [7, 11) is 0. The van der Waals surface area contributed by atoms with Crippen LogP contribution in [0.15, 0.2) is 320 Å². The summed E-state index contributed by atoms with van der Waals surface area (Å²) >= 11 is 0. The first-order chi connectivity index (χ1) is 71.1. The molecule has 4 aliphatic rings. The second kappa shape index (κ2) is 39.1. The molecule has 1 aliphatic carbocycles. The summed E-state index contributed by atoms with van der Waals surface area (Å²) in [5, 5.41) is 7.89. The van der Waals surface area contributed by atoms with Crippen LogP contribution in [0.3, 0.4) is 0 Å². The van der Waals surface area contributed by atoms with Crippen LogP contribution in [0.1, 0.15) is 139 Å². The van der Waals surface area contributed by atoms with Crippen LogP contribution in [0.5, 0.6) is 0 Å². The predicted molar refractivity (Wildman–Crippen MR) is 547 cm³/mol. The van der Waals surface area contributed by atoms with Gasteiger partial charge in [0.25, 0.3) is 17.7 Å². The fraction of sp³-hybridized carbons (Fsp3) is 0.157. The highest BCUT2D eigenvalue weighted by molar-refractivity contribution is 6.17. The quantitative estimate of drug-likeness (QED) is 0.0693. The molecule has 746 valence electrons. The largest absolute Gasteiger partial charge is 0.424 e. The smallest absolute Gasteiger partial charge is 0.407 e. The molecule has 0 radical (unpaired) electrons. The van der Waals surface area contributed by atoms with Crippen molar-refractivity contribution in [3.8, 4) is 61.6 Å². The fourth-order valence-corrected chi connectivity index (χ4v) is 19.2. The Morgan fingerprint density at radius 2 is 0.866 bits per heavy atom. The van der Waals surface area contributed by atoms with Crippen molar-refractivity contribution in [2.45, 2.75) is 116 Å². The molecule has 1 spiro atoms. The van der Waals surface area contributed by atoms with Crippen LogP contribution in [-0.2, 0) is 49.2 Å². The number of benzene rings is 11. The number of aromatic amines is 1. The molecule has 0 atom stereocenters. The molecule has 1 fully saturated rings. The van der Waals surface area contributed by atoms with Crippen LogP contribution >= 0.6 is 0 Å². The third kappa shape index (κ3) is 19.1. The molecule has 4 N–H and O–H groups in total. The highest BCUT2D eigenvalue weighted by Crippen LogP contribution is 2.59. The molecule has 0 bridgehead atoms. The van der Waals surface area contributed by atoms with Gasteiger partial charge in [-0.3, -0.25) is 43.6 Å². The second-order valence-electron chi connectivity index (χ2n) is 37.4. The summed E-state index contributed by atoms with van der Waals surface area (Å²) in [6.45, 7) is 16.2. The zero-order chi connectivity index (χ0) is 105. The van der Waals surface area contributed by atoms with E-state index < -0.39 is 86.0 Å². The number of carbonyl (C=O) groups excluding carboxylic acids is 6. The van der Waals surface area contributed by atoms with Crippen LogP contribution in [-0.4, -0.2) is 84.9 Å². The number of nitrogens with zero attached hydrogens (tertiary/aromatic N) is 12. The lowest BCUT2D eigenvalue weighted by Gasteiger charge is -2.37. The summed E-state index contributed by atoms with van der Waals surface area (Å²) < 4.78 is 147. The highest BCUT2D eigenvalue weighted by Gasteiger charge is 2.57. The number of alkyl halides is 9. The van der Waals surface area contributed by atoms with Crippen molar-refractivity contribution in [3.63, 3.8) is 0 Å². The van der Waals surface area contributed by atoms with Crippen molar-refractivity contribution in [3.05, 3.63) is 405 Å². The van der Waals surface area contributed by atoms with Gasteiger partial charge in [-0.2, -0.15) is 39.5 Å². The molecule has 0 saturated heterocycles. The first-order valence-corrected chi connectivity index (χ1v) is 47.0. The topological polar surface area (TPSA) is 302 Å². The lowest BCUT2D eigenvalue weighted by Crippen LogP contribution is -2.44. The average Bonchev–Trinajstić information content (AvgIpc) is 1.54. The van der Waals surface area contributed by atoms with Crippen LogP contribution in [0.4, 0.5) is 95.7 Å². The van der Waals surface area contributed by atoms with E-state index in [1.54, 1.807) is 141 Å².